The van der Waals surface area contributed by atoms with Crippen LogP contribution in [-0.4, -0.2) is 17.1 Å². The van der Waals surface area contributed by atoms with E-state index in [1.165, 1.54) is 23.9 Å². The molecule has 3 nitrogen and oxygen atoms in total. The van der Waals surface area contributed by atoms with Gasteiger partial charge in [0.2, 0.25) is 0 Å². The Morgan fingerprint density at radius 2 is 2.00 bits per heavy atom. The molecular weight excluding hydrogens is 325 g/mol. The van der Waals surface area contributed by atoms with E-state index >= 15 is 0 Å². The lowest BCUT2D eigenvalue weighted by atomic mass is 10.1. The first-order valence-corrected chi connectivity index (χ1v) is 8.19. The van der Waals surface area contributed by atoms with Crippen LogP contribution in [-0.2, 0) is 11.0 Å². The summed E-state index contributed by atoms with van der Waals surface area (Å²) in [5.41, 5.74) is -0.380. The van der Waals surface area contributed by atoms with E-state index in [0.29, 0.717) is 15.6 Å². The van der Waals surface area contributed by atoms with Gasteiger partial charge in [0, 0.05) is 0 Å². The third kappa shape index (κ3) is 3.96. The molecule has 1 amide bonds. The third-order valence-corrected chi connectivity index (χ3v) is 4.71. The topological polar surface area (TPSA) is 41.5 Å². The van der Waals surface area contributed by atoms with E-state index in [1.54, 1.807) is 6.07 Å². The number of nitrogens with one attached hydrogen (secondary N) is 1. The van der Waals surface area contributed by atoms with Gasteiger partial charge in [-0.05, 0) is 48.4 Å². The normalized spacial score (nSPS) is 23.0. The molecule has 1 aliphatic carbocycles. The lowest BCUT2D eigenvalue weighted by molar-refractivity contribution is -0.137. The summed E-state index contributed by atoms with van der Waals surface area (Å²) >= 11 is 1.18. The van der Waals surface area contributed by atoms with Gasteiger partial charge in [0.25, 0.3) is 5.91 Å². The Bertz CT molecular complexity index is 676. The summed E-state index contributed by atoms with van der Waals surface area (Å²) < 4.78 is 38.2. The molecule has 1 heterocycles. The molecule has 1 saturated carbocycles. The highest BCUT2D eigenvalue weighted by molar-refractivity contribution is 8.18. The number of thioether (sulfide) groups is 1. The second kappa shape index (κ2) is 6.39. The molecule has 0 bridgehead atoms. The lowest BCUT2D eigenvalue weighted by Crippen LogP contribution is -2.21. The Morgan fingerprint density at radius 1 is 1.26 bits per heavy atom. The highest BCUT2D eigenvalue weighted by atomic mass is 32.2. The zero-order chi connectivity index (χ0) is 16.4. The summed E-state index contributed by atoms with van der Waals surface area (Å²) in [6.07, 6.45) is 1.40. The predicted molar refractivity (Wildman–Crippen MR) is 84.8 cm³/mol. The molecule has 2 fully saturated rings. The minimum Gasteiger partial charge on any atom is -0.301 e. The average molecular weight is 340 g/mol. The maximum Gasteiger partial charge on any atom is 0.416 e. The molecule has 1 N–H and O–H groups in total. The lowest BCUT2D eigenvalue weighted by Gasteiger charge is -2.06. The number of benzene rings is 1. The van der Waals surface area contributed by atoms with Crippen LogP contribution in [0, 0.1) is 0 Å². The number of hydrogen-bond acceptors (Lipinski definition) is 3. The fourth-order valence-electron chi connectivity index (χ4n) is 2.64. The van der Waals surface area contributed by atoms with Gasteiger partial charge in [0.1, 0.15) is 0 Å². The molecule has 0 aromatic heterocycles. The van der Waals surface area contributed by atoms with Gasteiger partial charge in [-0.1, -0.05) is 25.0 Å². The van der Waals surface area contributed by atoms with Gasteiger partial charge in [-0.15, -0.1) is 0 Å². The van der Waals surface area contributed by atoms with Crippen LogP contribution in [0.5, 0.6) is 0 Å². The molecule has 0 spiro atoms. The summed E-state index contributed by atoms with van der Waals surface area (Å²) in [7, 11) is 0. The zero-order valence-electron chi connectivity index (χ0n) is 12.2. The van der Waals surface area contributed by atoms with Gasteiger partial charge in [0.05, 0.1) is 16.5 Å². The fourth-order valence-corrected chi connectivity index (χ4v) is 3.54. The monoisotopic (exact) mass is 340 g/mol. The first-order valence-electron chi connectivity index (χ1n) is 7.38. The van der Waals surface area contributed by atoms with Crippen LogP contribution in [0.15, 0.2) is 34.2 Å². The Balaban J connectivity index is 1.79. The van der Waals surface area contributed by atoms with Crippen molar-refractivity contribution < 1.29 is 18.0 Å². The number of amidine groups is 1. The molecule has 1 saturated heterocycles. The van der Waals surface area contributed by atoms with Crippen LogP contribution >= 0.6 is 11.8 Å². The van der Waals surface area contributed by atoms with Crippen LogP contribution < -0.4 is 5.32 Å². The summed E-state index contributed by atoms with van der Waals surface area (Å²) in [4.78, 5) is 16.8. The van der Waals surface area contributed by atoms with Crippen LogP contribution in [0.2, 0.25) is 0 Å². The zero-order valence-corrected chi connectivity index (χ0v) is 13.0. The second-order valence-electron chi connectivity index (χ2n) is 5.56. The molecule has 0 atom stereocenters. The molecule has 122 valence electrons. The quantitative estimate of drug-likeness (QED) is 0.820. The number of carbonyl (C=O) groups excluding carboxylic acids is 1. The summed E-state index contributed by atoms with van der Waals surface area (Å²) in [6, 6.07) is 5.16. The molecule has 0 radical (unpaired) electrons. The number of nitrogens with zero attached hydrogens (tertiary/aromatic N) is 1. The fraction of sp³-hybridized carbons (Fsp3) is 0.375. The Morgan fingerprint density at radius 3 is 2.70 bits per heavy atom. The van der Waals surface area contributed by atoms with Crippen LogP contribution in [0.1, 0.15) is 36.8 Å². The molecule has 0 unspecified atom stereocenters. The van der Waals surface area contributed by atoms with Gasteiger partial charge in [-0.3, -0.25) is 9.79 Å². The van der Waals surface area contributed by atoms with E-state index in [2.05, 4.69) is 10.3 Å². The van der Waals surface area contributed by atoms with E-state index in [-0.39, 0.29) is 11.9 Å². The minimum absolute atomic E-state index is 0.241. The number of alkyl halides is 3. The number of aliphatic imine (C=N–C) groups is 1. The van der Waals surface area contributed by atoms with Crippen LogP contribution in [0.3, 0.4) is 0 Å². The number of hydrogen-bond donors (Lipinski definition) is 1. The first kappa shape index (κ1) is 16.1. The van der Waals surface area contributed by atoms with Gasteiger partial charge in [0.15, 0.2) is 5.17 Å². The standard InChI is InChI=1S/C16H15F3N2OS/c17-16(18,19)11-5-3-4-10(8-11)9-13-14(22)21-15(23-13)20-12-6-1-2-7-12/h3-5,8-9,12H,1-2,6-7H2,(H,20,21,22)/b13-9-. The van der Waals surface area contributed by atoms with Crippen molar-refractivity contribution in [2.24, 2.45) is 4.99 Å². The van der Waals surface area contributed by atoms with Crippen molar-refractivity contribution in [3.63, 3.8) is 0 Å². The Kier molecular flexibility index (Phi) is 4.48. The summed E-state index contributed by atoms with van der Waals surface area (Å²) in [5.74, 6) is -0.316. The maximum absolute atomic E-state index is 12.7. The molecule has 3 rings (SSSR count). The van der Waals surface area contributed by atoms with Crippen molar-refractivity contribution in [2.75, 3.05) is 0 Å². The average Bonchev–Trinajstić information content (AvgIpc) is 3.09. The number of halogens is 3. The first-order chi connectivity index (χ1) is 10.9. The minimum atomic E-state index is -4.39. The van der Waals surface area contributed by atoms with Crippen LogP contribution in [0.4, 0.5) is 13.2 Å². The number of amides is 1. The molecule has 2 aliphatic rings. The van der Waals surface area contributed by atoms with E-state index in [9.17, 15) is 18.0 Å². The molecule has 1 aliphatic heterocycles. The van der Waals surface area contributed by atoms with Crippen molar-refractivity contribution in [1.82, 2.24) is 5.32 Å². The van der Waals surface area contributed by atoms with Crippen LogP contribution in [0.25, 0.3) is 6.08 Å². The van der Waals surface area contributed by atoms with Crippen molar-refractivity contribution in [3.8, 4) is 0 Å². The largest absolute Gasteiger partial charge is 0.416 e. The molecule has 1 aromatic carbocycles. The second-order valence-corrected chi connectivity index (χ2v) is 6.59. The van der Waals surface area contributed by atoms with Gasteiger partial charge in [-0.2, -0.15) is 13.2 Å². The van der Waals surface area contributed by atoms with Gasteiger partial charge < -0.3 is 5.32 Å². The van der Waals surface area contributed by atoms with Gasteiger partial charge >= 0.3 is 6.18 Å². The van der Waals surface area contributed by atoms with E-state index in [1.807, 2.05) is 0 Å². The summed E-state index contributed by atoms with van der Waals surface area (Å²) in [6.45, 7) is 0. The molecular formula is C16H15F3N2OS. The van der Waals surface area contributed by atoms with Crippen molar-refractivity contribution >= 4 is 28.9 Å². The molecule has 23 heavy (non-hydrogen) atoms. The predicted octanol–water partition coefficient (Wildman–Crippen LogP) is 4.21. The maximum atomic E-state index is 12.7. The van der Waals surface area contributed by atoms with Crippen molar-refractivity contribution in [1.29, 1.82) is 0 Å². The highest BCUT2D eigenvalue weighted by Gasteiger charge is 2.30. The van der Waals surface area contributed by atoms with E-state index in [0.717, 1.165) is 37.8 Å². The van der Waals surface area contributed by atoms with Gasteiger partial charge in [-0.25, -0.2) is 0 Å². The van der Waals surface area contributed by atoms with Crippen molar-refractivity contribution in [3.05, 3.63) is 40.3 Å². The molecule has 1 aromatic rings. The number of rotatable bonds is 2. The summed E-state index contributed by atoms with van der Waals surface area (Å²) in [5, 5.41) is 3.22. The Hall–Kier alpha value is -1.76. The van der Waals surface area contributed by atoms with E-state index < -0.39 is 11.7 Å². The number of carbonyl (C=O) groups is 1. The highest BCUT2D eigenvalue weighted by Crippen LogP contribution is 2.32. The smallest absolute Gasteiger partial charge is 0.301 e. The SMILES string of the molecule is O=C1NC(=NC2CCCC2)S/C1=C\c1cccc(C(F)(F)F)c1. The van der Waals surface area contributed by atoms with Crippen molar-refractivity contribution in [2.45, 2.75) is 37.9 Å². The Labute approximate surface area is 136 Å². The molecule has 7 heteroatoms. The third-order valence-electron chi connectivity index (χ3n) is 3.79. The van der Waals surface area contributed by atoms with E-state index in [4.69, 9.17) is 0 Å².